The van der Waals surface area contributed by atoms with Gasteiger partial charge in [0.05, 0.1) is 35.7 Å². The molecule has 0 aliphatic carbocycles. The Kier molecular flexibility index (Phi) is 8.57. The number of hydrogen-bond acceptors (Lipinski definition) is 7. The van der Waals surface area contributed by atoms with E-state index >= 15 is 0 Å². The van der Waals surface area contributed by atoms with E-state index in [9.17, 15) is 30.3 Å². The third kappa shape index (κ3) is 5.98. The van der Waals surface area contributed by atoms with Crippen LogP contribution in [0.5, 0.6) is 17.2 Å². The maximum atomic E-state index is 14.0. The highest BCUT2D eigenvalue weighted by atomic mass is 79.9. The number of phenols is 2. The summed E-state index contributed by atoms with van der Waals surface area (Å²) in [5.74, 6) is -0.808. The van der Waals surface area contributed by atoms with E-state index in [0.29, 0.717) is 15.9 Å². The molecule has 0 aliphatic rings. The number of aromatic hydroxyl groups is 2. The number of phenolic OH excluding ortho intramolecular Hbond substituents is 2. The van der Waals surface area contributed by atoms with Gasteiger partial charge in [-0.25, -0.2) is 9.59 Å². The predicted molar refractivity (Wildman–Crippen MR) is 156 cm³/mol. The van der Waals surface area contributed by atoms with Crippen LogP contribution in [-0.2, 0) is 0 Å². The van der Waals surface area contributed by atoms with Gasteiger partial charge in [0.2, 0.25) is 0 Å². The lowest BCUT2D eigenvalue weighted by molar-refractivity contribution is 0.248. The second-order valence-corrected chi connectivity index (χ2v) is 9.12. The van der Waals surface area contributed by atoms with Crippen LogP contribution < -0.4 is 25.4 Å². The van der Waals surface area contributed by atoms with Crippen molar-refractivity contribution in [1.82, 2.24) is 0 Å². The Morgan fingerprint density at radius 2 is 1.44 bits per heavy atom. The van der Waals surface area contributed by atoms with E-state index in [1.165, 1.54) is 37.4 Å². The Balaban J connectivity index is 1.94. The molecule has 4 rings (SSSR count). The van der Waals surface area contributed by atoms with Crippen LogP contribution in [0.2, 0.25) is 0 Å². The number of methoxy groups -OCH3 is 1. The van der Waals surface area contributed by atoms with Crippen LogP contribution in [0.25, 0.3) is 0 Å². The number of rotatable bonds is 5. The van der Waals surface area contributed by atoms with Gasteiger partial charge in [-0.2, -0.15) is 20.5 Å². The number of nitriles is 2. The largest absolute Gasteiger partial charge is 0.506 e. The van der Waals surface area contributed by atoms with Gasteiger partial charge < -0.3 is 25.6 Å². The SMILES string of the molecule is COc1ccccc1NC(=O)N(c1ccc(C#N)cc1O)N(C(=O)Nc1ccccc1Br)c1cccc(C#N)c1O. The lowest BCUT2D eigenvalue weighted by Crippen LogP contribution is -2.54. The molecule has 0 saturated carbocycles. The summed E-state index contributed by atoms with van der Waals surface area (Å²) in [6.07, 6.45) is 0. The molecule has 11 nitrogen and oxygen atoms in total. The van der Waals surface area contributed by atoms with Crippen molar-refractivity contribution in [2.24, 2.45) is 0 Å². The molecule has 0 unspecified atom stereocenters. The summed E-state index contributed by atoms with van der Waals surface area (Å²) in [7, 11) is 1.41. The van der Waals surface area contributed by atoms with E-state index in [2.05, 4.69) is 26.6 Å². The Bertz CT molecular complexity index is 1710. The highest BCUT2D eigenvalue weighted by Gasteiger charge is 2.34. The normalized spacial score (nSPS) is 10.0. The summed E-state index contributed by atoms with van der Waals surface area (Å²) in [6, 6.07) is 22.9. The highest BCUT2D eigenvalue weighted by molar-refractivity contribution is 9.10. The number of halogens is 1. The number of benzene rings is 4. The fourth-order valence-corrected chi connectivity index (χ4v) is 4.21. The van der Waals surface area contributed by atoms with Gasteiger partial charge in [-0.3, -0.25) is 0 Å². The van der Waals surface area contributed by atoms with E-state index < -0.39 is 23.6 Å². The van der Waals surface area contributed by atoms with Crippen molar-refractivity contribution in [3.8, 4) is 29.4 Å². The number of ether oxygens (including phenoxy) is 1. The van der Waals surface area contributed by atoms with Crippen LogP contribution in [0.3, 0.4) is 0 Å². The molecule has 0 aliphatic heterocycles. The summed E-state index contributed by atoms with van der Waals surface area (Å²) in [6.45, 7) is 0. The van der Waals surface area contributed by atoms with Crippen molar-refractivity contribution in [2.45, 2.75) is 0 Å². The first kappa shape index (κ1) is 28.3. The summed E-state index contributed by atoms with van der Waals surface area (Å²) in [4.78, 5) is 28.0. The number of nitrogens with zero attached hydrogens (tertiary/aromatic N) is 4. The second kappa shape index (κ2) is 12.4. The maximum Gasteiger partial charge on any atom is 0.346 e. The Morgan fingerprint density at radius 3 is 2.07 bits per heavy atom. The van der Waals surface area contributed by atoms with Crippen molar-refractivity contribution >= 4 is 50.7 Å². The monoisotopic (exact) mass is 612 g/mol. The molecule has 0 fully saturated rings. The Hall–Kier alpha value is -5.72. The highest BCUT2D eigenvalue weighted by Crippen LogP contribution is 2.38. The number of para-hydroxylation sites is 4. The lowest BCUT2D eigenvalue weighted by atomic mass is 10.1. The summed E-state index contributed by atoms with van der Waals surface area (Å²) >= 11 is 3.36. The molecule has 4 amide bonds. The van der Waals surface area contributed by atoms with Gasteiger partial charge in [0, 0.05) is 4.47 Å². The molecule has 0 spiro atoms. The first-order valence-corrected chi connectivity index (χ1v) is 12.6. The Morgan fingerprint density at radius 1 is 0.805 bits per heavy atom. The zero-order chi connectivity index (χ0) is 29.5. The maximum absolute atomic E-state index is 14.0. The summed E-state index contributed by atoms with van der Waals surface area (Å²) in [5.41, 5.74) is 0.00467. The molecule has 4 aromatic rings. The lowest BCUT2D eigenvalue weighted by Gasteiger charge is -2.35. The van der Waals surface area contributed by atoms with E-state index in [0.717, 1.165) is 16.1 Å². The third-order valence-electron chi connectivity index (χ3n) is 5.74. The van der Waals surface area contributed by atoms with Crippen LogP contribution in [0.1, 0.15) is 11.1 Å². The molecule has 12 heteroatoms. The first-order valence-electron chi connectivity index (χ1n) is 11.8. The molecule has 41 heavy (non-hydrogen) atoms. The topological polar surface area (TPSA) is 162 Å². The van der Waals surface area contributed by atoms with Crippen molar-refractivity contribution in [3.63, 3.8) is 0 Å². The summed E-state index contributed by atoms with van der Waals surface area (Å²) < 4.78 is 5.85. The van der Waals surface area contributed by atoms with Gasteiger partial charge in [-0.1, -0.05) is 30.3 Å². The molecule has 4 aromatic carbocycles. The number of hydrazine groups is 1. The van der Waals surface area contributed by atoms with E-state index in [4.69, 9.17) is 4.74 Å². The number of hydrogen-bond donors (Lipinski definition) is 4. The number of nitrogens with one attached hydrogen (secondary N) is 2. The minimum absolute atomic E-state index is 0.0925. The molecule has 0 heterocycles. The fourth-order valence-electron chi connectivity index (χ4n) is 3.83. The zero-order valence-electron chi connectivity index (χ0n) is 21.4. The number of anilines is 4. The van der Waals surface area contributed by atoms with Crippen LogP contribution in [0, 0.1) is 22.7 Å². The fraction of sp³-hybridized carbons (Fsp3) is 0.0345. The molecule has 0 bridgehead atoms. The molecular weight excluding hydrogens is 592 g/mol. The van der Waals surface area contributed by atoms with Gasteiger partial charge in [0.25, 0.3) is 0 Å². The molecule has 0 atom stereocenters. The second-order valence-electron chi connectivity index (χ2n) is 8.26. The standard InChI is InChI=1S/C29H21BrN6O5/c1-41-26-12-5-4-10-22(26)34-29(40)35(23-14-13-18(16-31)15-25(23)37)36(24-11-6-7-19(17-32)27(24)38)28(39)33-21-9-3-2-8-20(21)30/h2-15,37-38H,1H3,(H,33,39)(H,34,40). The van der Waals surface area contributed by atoms with Crippen LogP contribution in [-0.4, -0.2) is 29.4 Å². The summed E-state index contributed by atoms with van der Waals surface area (Å²) in [5, 5.41) is 47.6. The van der Waals surface area contributed by atoms with Crippen molar-refractivity contribution in [2.75, 3.05) is 27.8 Å². The number of carbonyl (C=O) groups excluding carboxylic acids is 2. The van der Waals surface area contributed by atoms with E-state index in [1.54, 1.807) is 48.5 Å². The number of urea groups is 2. The average molecular weight is 613 g/mol. The van der Waals surface area contributed by atoms with Crippen molar-refractivity contribution < 1.29 is 24.5 Å². The van der Waals surface area contributed by atoms with Gasteiger partial charge in [-0.05, 0) is 70.5 Å². The van der Waals surface area contributed by atoms with E-state index in [1.807, 2.05) is 12.1 Å². The Labute approximate surface area is 243 Å². The molecule has 0 saturated heterocycles. The third-order valence-corrected chi connectivity index (χ3v) is 6.44. The molecule has 204 valence electrons. The first-order chi connectivity index (χ1) is 19.8. The minimum Gasteiger partial charge on any atom is -0.506 e. The van der Waals surface area contributed by atoms with Gasteiger partial charge in [0.1, 0.15) is 28.9 Å². The van der Waals surface area contributed by atoms with Crippen molar-refractivity contribution in [3.05, 3.63) is 101 Å². The predicted octanol–water partition coefficient (Wildman–Crippen LogP) is 6.30. The average Bonchev–Trinajstić information content (AvgIpc) is 2.98. The molecule has 4 N–H and O–H groups in total. The van der Waals surface area contributed by atoms with Crippen LogP contribution >= 0.6 is 15.9 Å². The van der Waals surface area contributed by atoms with Gasteiger partial charge in [0.15, 0.2) is 5.75 Å². The zero-order valence-corrected chi connectivity index (χ0v) is 23.0. The quantitative estimate of drug-likeness (QED) is 0.192. The van der Waals surface area contributed by atoms with Gasteiger partial charge in [-0.15, -0.1) is 0 Å². The number of carbonyl (C=O) groups is 2. The number of amides is 4. The smallest absolute Gasteiger partial charge is 0.346 e. The minimum atomic E-state index is -0.960. The van der Waals surface area contributed by atoms with Crippen molar-refractivity contribution in [1.29, 1.82) is 10.5 Å². The molecule has 0 radical (unpaired) electrons. The molecular formula is C29H21BrN6O5. The van der Waals surface area contributed by atoms with E-state index in [-0.39, 0.29) is 28.2 Å². The molecule has 0 aromatic heterocycles. The van der Waals surface area contributed by atoms with Crippen LogP contribution in [0.4, 0.5) is 32.3 Å². The van der Waals surface area contributed by atoms with Gasteiger partial charge >= 0.3 is 12.1 Å². The van der Waals surface area contributed by atoms with Crippen LogP contribution in [0.15, 0.2) is 89.4 Å².